The summed E-state index contributed by atoms with van der Waals surface area (Å²) in [4.78, 5) is 16.4. The van der Waals surface area contributed by atoms with E-state index in [9.17, 15) is 4.79 Å². The van der Waals surface area contributed by atoms with E-state index in [0.717, 1.165) is 17.0 Å². The van der Waals surface area contributed by atoms with Gasteiger partial charge in [0, 0.05) is 11.1 Å². The normalized spacial score (nSPS) is 12.0. The summed E-state index contributed by atoms with van der Waals surface area (Å²) in [5, 5.41) is 2.79. The summed E-state index contributed by atoms with van der Waals surface area (Å²) in [6.45, 7) is 6.15. The molecule has 2 amide bonds. The van der Waals surface area contributed by atoms with Crippen LogP contribution in [0.3, 0.4) is 0 Å². The van der Waals surface area contributed by atoms with E-state index >= 15 is 0 Å². The molecule has 0 aliphatic heterocycles. The fourth-order valence-corrected chi connectivity index (χ4v) is 2.04. The van der Waals surface area contributed by atoms with Gasteiger partial charge in [0.25, 0.3) is 0 Å². The van der Waals surface area contributed by atoms with Gasteiger partial charge in [-0.05, 0) is 17.7 Å². The first-order chi connectivity index (χ1) is 9.97. The third-order valence-electron chi connectivity index (χ3n) is 3.00. The van der Waals surface area contributed by atoms with Crippen molar-refractivity contribution >= 4 is 17.4 Å². The standard InChI is InChI=1S/C18H20N2O/c1-18(2,3)16(14-10-6-4-7-11-14)20-17(21)19-15-12-8-5-9-13-15/h4-13H,1-3H3,(H,19,21). The van der Waals surface area contributed by atoms with Gasteiger partial charge in [0.05, 0.1) is 5.71 Å². The first-order valence-electron chi connectivity index (χ1n) is 6.97. The first-order valence-corrected chi connectivity index (χ1v) is 6.97. The van der Waals surface area contributed by atoms with Crippen molar-refractivity contribution < 1.29 is 4.79 Å². The van der Waals surface area contributed by atoms with Crippen molar-refractivity contribution in [1.82, 2.24) is 0 Å². The van der Waals surface area contributed by atoms with Crippen molar-refractivity contribution in [2.75, 3.05) is 5.32 Å². The number of urea groups is 1. The second-order valence-electron chi connectivity index (χ2n) is 5.87. The predicted octanol–water partition coefficient (Wildman–Crippen LogP) is 4.75. The van der Waals surface area contributed by atoms with Crippen molar-refractivity contribution in [2.24, 2.45) is 10.4 Å². The van der Waals surface area contributed by atoms with Crippen LogP contribution in [0.2, 0.25) is 0 Å². The lowest BCUT2D eigenvalue weighted by atomic mass is 9.85. The first kappa shape index (κ1) is 15.0. The highest BCUT2D eigenvalue weighted by Gasteiger charge is 2.21. The maximum Gasteiger partial charge on any atom is 0.345 e. The van der Waals surface area contributed by atoms with Gasteiger partial charge in [0.2, 0.25) is 0 Å². The van der Waals surface area contributed by atoms with Gasteiger partial charge in [-0.3, -0.25) is 0 Å². The van der Waals surface area contributed by atoms with Crippen LogP contribution in [0.25, 0.3) is 0 Å². The molecule has 3 heteroatoms. The second-order valence-corrected chi connectivity index (χ2v) is 5.87. The number of rotatable bonds is 2. The number of aliphatic imine (C=N–C) groups is 1. The van der Waals surface area contributed by atoms with Crippen LogP contribution < -0.4 is 5.32 Å². The molecule has 0 spiro atoms. The topological polar surface area (TPSA) is 41.5 Å². The Balaban J connectivity index is 2.27. The smallest absolute Gasteiger partial charge is 0.306 e. The third-order valence-corrected chi connectivity index (χ3v) is 3.00. The Morgan fingerprint density at radius 2 is 1.43 bits per heavy atom. The largest absolute Gasteiger partial charge is 0.345 e. The second kappa shape index (κ2) is 6.35. The Morgan fingerprint density at radius 1 is 0.905 bits per heavy atom. The lowest BCUT2D eigenvalue weighted by Gasteiger charge is -2.21. The lowest BCUT2D eigenvalue weighted by Crippen LogP contribution is -2.24. The summed E-state index contributed by atoms with van der Waals surface area (Å²) in [5.74, 6) is 0. The number of nitrogens with zero attached hydrogens (tertiary/aromatic N) is 1. The molecule has 0 aliphatic carbocycles. The molecule has 0 heterocycles. The van der Waals surface area contributed by atoms with Crippen LogP contribution in [-0.2, 0) is 0 Å². The average Bonchev–Trinajstić information content (AvgIpc) is 2.45. The highest BCUT2D eigenvalue weighted by Crippen LogP contribution is 2.22. The molecule has 21 heavy (non-hydrogen) atoms. The van der Waals surface area contributed by atoms with Crippen molar-refractivity contribution in [3.63, 3.8) is 0 Å². The molecule has 0 radical (unpaired) electrons. The number of carbonyl (C=O) groups excluding carboxylic acids is 1. The Morgan fingerprint density at radius 3 is 1.95 bits per heavy atom. The van der Waals surface area contributed by atoms with Crippen LogP contribution >= 0.6 is 0 Å². The molecule has 0 bridgehead atoms. The van der Waals surface area contributed by atoms with Crippen LogP contribution in [0, 0.1) is 5.41 Å². The molecule has 0 aliphatic rings. The maximum atomic E-state index is 12.1. The molecular formula is C18H20N2O. The summed E-state index contributed by atoms with van der Waals surface area (Å²) in [6.07, 6.45) is 0. The van der Waals surface area contributed by atoms with E-state index < -0.39 is 0 Å². The zero-order valence-electron chi connectivity index (χ0n) is 12.6. The van der Waals surface area contributed by atoms with Crippen LogP contribution in [0.1, 0.15) is 26.3 Å². The minimum atomic E-state index is -0.352. The number of anilines is 1. The number of para-hydroxylation sites is 1. The molecule has 2 aromatic carbocycles. The highest BCUT2D eigenvalue weighted by molar-refractivity contribution is 6.11. The van der Waals surface area contributed by atoms with E-state index in [1.165, 1.54) is 0 Å². The molecule has 2 aromatic rings. The molecule has 0 unspecified atom stereocenters. The fraction of sp³-hybridized carbons (Fsp3) is 0.222. The zero-order valence-corrected chi connectivity index (χ0v) is 12.6. The van der Waals surface area contributed by atoms with Crippen LogP contribution in [0.4, 0.5) is 10.5 Å². The number of hydrogen-bond acceptors (Lipinski definition) is 1. The predicted molar refractivity (Wildman–Crippen MR) is 87.9 cm³/mol. The summed E-state index contributed by atoms with van der Waals surface area (Å²) < 4.78 is 0. The van der Waals surface area contributed by atoms with Gasteiger partial charge in [0.15, 0.2) is 0 Å². The summed E-state index contributed by atoms with van der Waals surface area (Å²) in [5.41, 5.74) is 2.27. The van der Waals surface area contributed by atoms with Crippen LogP contribution in [-0.4, -0.2) is 11.7 Å². The maximum absolute atomic E-state index is 12.1. The number of carbonyl (C=O) groups is 1. The van der Waals surface area contributed by atoms with Gasteiger partial charge in [-0.25, -0.2) is 4.79 Å². The molecule has 0 saturated heterocycles. The van der Waals surface area contributed by atoms with Crippen molar-refractivity contribution in [3.05, 3.63) is 66.2 Å². The van der Waals surface area contributed by atoms with Gasteiger partial charge in [-0.2, -0.15) is 4.99 Å². The summed E-state index contributed by atoms with van der Waals surface area (Å²) >= 11 is 0. The van der Waals surface area contributed by atoms with E-state index in [2.05, 4.69) is 31.1 Å². The zero-order chi connectivity index (χ0) is 15.3. The molecule has 108 valence electrons. The Bertz CT molecular complexity index is 625. The van der Waals surface area contributed by atoms with Gasteiger partial charge in [-0.1, -0.05) is 69.3 Å². The minimum absolute atomic E-state index is 0.213. The van der Waals surface area contributed by atoms with Crippen LogP contribution in [0.15, 0.2) is 65.7 Å². The van der Waals surface area contributed by atoms with E-state index in [4.69, 9.17) is 0 Å². The van der Waals surface area contributed by atoms with Crippen molar-refractivity contribution in [2.45, 2.75) is 20.8 Å². The quantitative estimate of drug-likeness (QED) is 0.792. The molecule has 3 nitrogen and oxygen atoms in total. The highest BCUT2D eigenvalue weighted by atomic mass is 16.2. The lowest BCUT2D eigenvalue weighted by molar-refractivity contribution is 0.259. The Hall–Kier alpha value is -2.42. The van der Waals surface area contributed by atoms with Crippen molar-refractivity contribution in [3.8, 4) is 0 Å². The molecule has 1 N–H and O–H groups in total. The molecular weight excluding hydrogens is 260 g/mol. The minimum Gasteiger partial charge on any atom is -0.306 e. The Labute approximate surface area is 125 Å². The third kappa shape index (κ3) is 4.28. The van der Waals surface area contributed by atoms with Crippen molar-refractivity contribution in [1.29, 1.82) is 0 Å². The Kier molecular flexibility index (Phi) is 4.53. The van der Waals surface area contributed by atoms with E-state index in [1.54, 1.807) is 0 Å². The van der Waals surface area contributed by atoms with Gasteiger partial charge >= 0.3 is 6.03 Å². The number of amides is 2. The summed E-state index contributed by atoms with van der Waals surface area (Å²) in [7, 11) is 0. The van der Waals surface area contributed by atoms with E-state index in [1.807, 2.05) is 60.7 Å². The van der Waals surface area contributed by atoms with Gasteiger partial charge in [-0.15, -0.1) is 0 Å². The molecule has 0 atom stereocenters. The van der Waals surface area contributed by atoms with Gasteiger partial charge < -0.3 is 5.32 Å². The number of nitrogens with one attached hydrogen (secondary N) is 1. The van der Waals surface area contributed by atoms with Gasteiger partial charge in [0.1, 0.15) is 0 Å². The van der Waals surface area contributed by atoms with Crippen LogP contribution in [0.5, 0.6) is 0 Å². The van der Waals surface area contributed by atoms with E-state index in [0.29, 0.717) is 0 Å². The van der Waals surface area contributed by atoms with E-state index in [-0.39, 0.29) is 11.4 Å². The molecule has 0 aromatic heterocycles. The fourth-order valence-electron chi connectivity index (χ4n) is 2.04. The monoisotopic (exact) mass is 280 g/mol. The number of hydrogen-bond donors (Lipinski definition) is 1. The molecule has 2 rings (SSSR count). The molecule has 0 saturated carbocycles. The summed E-state index contributed by atoms with van der Waals surface area (Å²) in [6, 6.07) is 18.8. The average molecular weight is 280 g/mol. The molecule has 0 fully saturated rings. The SMILES string of the molecule is CC(C)(C)C(=NC(=O)Nc1ccccc1)c1ccccc1. The number of benzene rings is 2.